The van der Waals surface area contributed by atoms with Crippen LogP contribution in [0.2, 0.25) is 0 Å². The van der Waals surface area contributed by atoms with Gasteiger partial charge < -0.3 is 4.57 Å². The number of aromatic nitrogens is 3. The fourth-order valence-electron chi connectivity index (χ4n) is 2.65. The van der Waals surface area contributed by atoms with Crippen molar-refractivity contribution in [2.24, 2.45) is 0 Å². The Hall–Kier alpha value is -1.35. The standard InChI is InChI=1S/C15H18ClN3/c1-2-13(11-6-4-3-5-7-11)15-18-17-14(10-16)19(15)12-8-9-12/h3-7,12-13H,2,8-10H2,1H3. The maximum atomic E-state index is 5.99. The Balaban J connectivity index is 2.02. The Labute approximate surface area is 118 Å². The van der Waals surface area contributed by atoms with Gasteiger partial charge in [-0.15, -0.1) is 21.8 Å². The molecule has 1 aliphatic carbocycles. The van der Waals surface area contributed by atoms with Gasteiger partial charge in [-0.2, -0.15) is 0 Å². The first-order chi connectivity index (χ1) is 9.35. The summed E-state index contributed by atoms with van der Waals surface area (Å²) in [6, 6.07) is 11.1. The summed E-state index contributed by atoms with van der Waals surface area (Å²) < 4.78 is 2.27. The second-order valence-electron chi connectivity index (χ2n) is 5.08. The number of rotatable bonds is 5. The molecule has 1 fully saturated rings. The van der Waals surface area contributed by atoms with E-state index in [1.807, 2.05) is 6.07 Å². The van der Waals surface area contributed by atoms with Crippen LogP contribution in [0.3, 0.4) is 0 Å². The molecule has 1 aliphatic rings. The predicted octanol–water partition coefficient (Wildman–Crippen LogP) is 3.89. The number of nitrogens with zero attached hydrogens (tertiary/aromatic N) is 3. The second-order valence-corrected chi connectivity index (χ2v) is 5.35. The quantitative estimate of drug-likeness (QED) is 0.775. The molecule has 0 bridgehead atoms. The SMILES string of the molecule is CCC(c1ccccc1)c1nnc(CCl)n1C1CC1. The van der Waals surface area contributed by atoms with Crippen molar-refractivity contribution in [2.45, 2.75) is 44.0 Å². The van der Waals surface area contributed by atoms with Gasteiger partial charge in [0.2, 0.25) is 0 Å². The highest BCUT2D eigenvalue weighted by Gasteiger charge is 2.31. The molecule has 1 aromatic carbocycles. The van der Waals surface area contributed by atoms with E-state index in [0.717, 1.165) is 18.1 Å². The first kappa shape index (κ1) is 12.7. The molecule has 0 aliphatic heterocycles. The summed E-state index contributed by atoms with van der Waals surface area (Å²) in [4.78, 5) is 0. The molecule has 1 atom stereocenters. The molecule has 0 N–H and O–H groups in total. The van der Waals surface area contributed by atoms with E-state index in [1.54, 1.807) is 0 Å². The highest BCUT2D eigenvalue weighted by atomic mass is 35.5. The van der Waals surface area contributed by atoms with Crippen LogP contribution in [0.15, 0.2) is 30.3 Å². The second kappa shape index (κ2) is 5.33. The summed E-state index contributed by atoms with van der Waals surface area (Å²) >= 11 is 5.99. The average molecular weight is 276 g/mol. The van der Waals surface area contributed by atoms with Crippen LogP contribution in [-0.4, -0.2) is 14.8 Å². The highest BCUT2D eigenvalue weighted by molar-refractivity contribution is 6.16. The predicted molar refractivity (Wildman–Crippen MR) is 76.4 cm³/mol. The molecule has 3 rings (SSSR count). The first-order valence-electron chi connectivity index (χ1n) is 6.89. The maximum absolute atomic E-state index is 5.99. The van der Waals surface area contributed by atoms with Crippen LogP contribution in [0, 0.1) is 0 Å². The lowest BCUT2D eigenvalue weighted by Crippen LogP contribution is -2.10. The summed E-state index contributed by atoms with van der Waals surface area (Å²) in [5.41, 5.74) is 1.31. The Kier molecular flexibility index (Phi) is 3.56. The Morgan fingerprint density at radius 1 is 1.26 bits per heavy atom. The molecule has 1 unspecified atom stereocenters. The van der Waals surface area contributed by atoms with Crippen LogP contribution in [0.25, 0.3) is 0 Å². The van der Waals surface area contributed by atoms with Crippen LogP contribution in [0.1, 0.15) is 55.4 Å². The third-order valence-corrected chi connectivity index (χ3v) is 3.99. The van der Waals surface area contributed by atoms with Gasteiger partial charge in [-0.25, -0.2) is 0 Å². The van der Waals surface area contributed by atoms with Gasteiger partial charge in [-0.3, -0.25) is 0 Å². The van der Waals surface area contributed by atoms with Crippen molar-refractivity contribution in [1.29, 1.82) is 0 Å². The summed E-state index contributed by atoms with van der Waals surface area (Å²) in [6.07, 6.45) is 3.47. The molecular weight excluding hydrogens is 258 g/mol. The number of hydrogen-bond acceptors (Lipinski definition) is 2. The number of alkyl halides is 1. The highest BCUT2D eigenvalue weighted by Crippen LogP contribution is 2.40. The zero-order chi connectivity index (χ0) is 13.2. The Bertz CT molecular complexity index is 546. The van der Waals surface area contributed by atoms with E-state index < -0.39 is 0 Å². The summed E-state index contributed by atoms with van der Waals surface area (Å²) in [5, 5.41) is 8.70. The topological polar surface area (TPSA) is 30.7 Å². The van der Waals surface area contributed by atoms with E-state index in [9.17, 15) is 0 Å². The van der Waals surface area contributed by atoms with E-state index in [0.29, 0.717) is 17.8 Å². The van der Waals surface area contributed by atoms with Crippen LogP contribution in [0.4, 0.5) is 0 Å². The largest absolute Gasteiger partial charge is 0.310 e. The van der Waals surface area contributed by atoms with Gasteiger partial charge in [0.15, 0.2) is 0 Å². The number of halogens is 1. The van der Waals surface area contributed by atoms with Crippen LogP contribution >= 0.6 is 11.6 Å². The minimum absolute atomic E-state index is 0.311. The van der Waals surface area contributed by atoms with Crippen molar-refractivity contribution in [2.75, 3.05) is 0 Å². The van der Waals surface area contributed by atoms with E-state index in [-0.39, 0.29) is 0 Å². The van der Waals surface area contributed by atoms with Gasteiger partial charge in [0.05, 0.1) is 5.88 Å². The lowest BCUT2D eigenvalue weighted by molar-refractivity contribution is 0.608. The summed E-state index contributed by atoms with van der Waals surface area (Å²) in [7, 11) is 0. The van der Waals surface area contributed by atoms with Crippen molar-refractivity contribution < 1.29 is 0 Å². The van der Waals surface area contributed by atoms with Crippen molar-refractivity contribution in [3.8, 4) is 0 Å². The number of benzene rings is 1. The third-order valence-electron chi connectivity index (χ3n) is 3.75. The molecular formula is C15H18ClN3. The van der Waals surface area contributed by atoms with Gasteiger partial charge in [0.1, 0.15) is 11.6 Å². The fraction of sp³-hybridized carbons (Fsp3) is 0.467. The van der Waals surface area contributed by atoms with Crippen molar-refractivity contribution in [3.05, 3.63) is 47.5 Å². The van der Waals surface area contributed by atoms with E-state index >= 15 is 0 Å². The van der Waals surface area contributed by atoms with Crippen LogP contribution in [0.5, 0.6) is 0 Å². The third kappa shape index (κ3) is 2.39. The maximum Gasteiger partial charge on any atom is 0.148 e. The van der Waals surface area contributed by atoms with Crippen molar-refractivity contribution >= 4 is 11.6 Å². The zero-order valence-corrected chi connectivity index (χ0v) is 11.8. The molecule has 0 spiro atoms. The molecule has 0 amide bonds. The average Bonchev–Trinajstić information content (AvgIpc) is 3.21. The van der Waals surface area contributed by atoms with E-state index in [2.05, 4.69) is 46.0 Å². The molecule has 0 radical (unpaired) electrons. The van der Waals surface area contributed by atoms with Crippen molar-refractivity contribution in [3.63, 3.8) is 0 Å². The minimum Gasteiger partial charge on any atom is -0.310 e. The van der Waals surface area contributed by atoms with Crippen molar-refractivity contribution in [1.82, 2.24) is 14.8 Å². The lowest BCUT2D eigenvalue weighted by Gasteiger charge is -2.17. The first-order valence-corrected chi connectivity index (χ1v) is 7.43. The van der Waals surface area contributed by atoms with Gasteiger partial charge in [-0.05, 0) is 24.8 Å². The molecule has 1 aromatic heterocycles. The molecule has 4 heteroatoms. The number of hydrogen-bond donors (Lipinski definition) is 0. The van der Waals surface area contributed by atoms with Crippen LogP contribution in [-0.2, 0) is 5.88 Å². The molecule has 3 nitrogen and oxygen atoms in total. The molecule has 100 valence electrons. The normalized spacial score (nSPS) is 16.5. The van der Waals surface area contributed by atoms with Gasteiger partial charge in [0, 0.05) is 12.0 Å². The van der Waals surface area contributed by atoms with Gasteiger partial charge >= 0.3 is 0 Å². The minimum atomic E-state index is 0.311. The lowest BCUT2D eigenvalue weighted by atomic mass is 9.95. The van der Waals surface area contributed by atoms with Gasteiger partial charge in [-0.1, -0.05) is 37.3 Å². The molecule has 1 heterocycles. The molecule has 2 aromatic rings. The van der Waals surface area contributed by atoms with E-state index in [1.165, 1.54) is 18.4 Å². The Morgan fingerprint density at radius 2 is 2.00 bits per heavy atom. The van der Waals surface area contributed by atoms with E-state index in [4.69, 9.17) is 11.6 Å². The molecule has 19 heavy (non-hydrogen) atoms. The smallest absolute Gasteiger partial charge is 0.148 e. The summed E-state index contributed by atoms with van der Waals surface area (Å²) in [5.74, 6) is 2.74. The zero-order valence-electron chi connectivity index (χ0n) is 11.1. The van der Waals surface area contributed by atoms with Crippen LogP contribution < -0.4 is 0 Å². The Morgan fingerprint density at radius 3 is 2.58 bits per heavy atom. The summed E-state index contributed by atoms with van der Waals surface area (Å²) in [6.45, 7) is 2.20. The monoisotopic (exact) mass is 275 g/mol. The van der Waals surface area contributed by atoms with Gasteiger partial charge in [0.25, 0.3) is 0 Å². The fourth-order valence-corrected chi connectivity index (χ4v) is 2.83. The molecule has 1 saturated carbocycles. The molecule has 0 saturated heterocycles.